The summed E-state index contributed by atoms with van der Waals surface area (Å²) in [5.41, 5.74) is 0.742. The SMILES string of the molecule is CC(C)CNC(=O)[C@H](C)N(Cc1c(Cl)cccc1Cl)C(=O)CN(c1cccc(Br)c1)S(=O)(=O)c1ccccc1. The Morgan fingerprint density at radius 1 is 0.923 bits per heavy atom. The molecule has 2 amide bonds. The maximum absolute atomic E-state index is 13.9. The summed E-state index contributed by atoms with van der Waals surface area (Å²) in [5.74, 6) is -0.774. The minimum atomic E-state index is -4.14. The van der Waals surface area contributed by atoms with Crippen LogP contribution in [0, 0.1) is 5.92 Å². The summed E-state index contributed by atoms with van der Waals surface area (Å²) >= 11 is 16.2. The Balaban J connectivity index is 2.04. The van der Waals surface area contributed by atoms with Crippen molar-refractivity contribution in [3.8, 4) is 0 Å². The van der Waals surface area contributed by atoms with Crippen molar-refractivity contribution in [3.05, 3.63) is 92.9 Å². The lowest BCUT2D eigenvalue weighted by atomic mass is 10.1. The monoisotopic (exact) mass is 653 g/mol. The Kier molecular flexibility index (Phi) is 10.8. The fourth-order valence-corrected chi connectivity index (χ4v) is 6.10. The van der Waals surface area contributed by atoms with Crippen molar-refractivity contribution in [3.63, 3.8) is 0 Å². The molecule has 0 aliphatic carbocycles. The molecule has 0 bridgehead atoms. The van der Waals surface area contributed by atoms with Crippen LogP contribution in [0.4, 0.5) is 5.69 Å². The molecule has 11 heteroatoms. The van der Waals surface area contributed by atoms with E-state index >= 15 is 0 Å². The summed E-state index contributed by atoms with van der Waals surface area (Å²) in [6.07, 6.45) is 0. The lowest BCUT2D eigenvalue weighted by Crippen LogP contribution is -2.51. The maximum Gasteiger partial charge on any atom is 0.264 e. The van der Waals surface area contributed by atoms with Gasteiger partial charge >= 0.3 is 0 Å². The van der Waals surface area contributed by atoms with Gasteiger partial charge in [0.2, 0.25) is 11.8 Å². The second kappa shape index (κ2) is 13.7. The molecule has 0 radical (unpaired) electrons. The number of anilines is 1. The Morgan fingerprint density at radius 3 is 2.13 bits per heavy atom. The third-order valence-electron chi connectivity index (χ3n) is 5.95. The predicted molar refractivity (Wildman–Crippen MR) is 159 cm³/mol. The minimum Gasteiger partial charge on any atom is -0.354 e. The fourth-order valence-electron chi connectivity index (χ4n) is 3.77. The van der Waals surface area contributed by atoms with Gasteiger partial charge in [-0.05, 0) is 55.3 Å². The van der Waals surface area contributed by atoms with Crippen LogP contribution in [0.3, 0.4) is 0 Å². The number of rotatable bonds is 11. The summed E-state index contributed by atoms with van der Waals surface area (Å²) in [6.45, 7) is 5.28. The van der Waals surface area contributed by atoms with Crippen molar-refractivity contribution in [2.24, 2.45) is 5.92 Å². The number of hydrogen-bond acceptors (Lipinski definition) is 4. The molecule has 0 saturated carbocycles. The number of halogens is 3. The molecule has 0 aliphatic heterocycles. The first kappa shape index (κ1) is 30.9. The van der Waals surface area contributed by atoms with Gasteiger partial charge in [-0.15, -0.1) is 0 Å². The van der Waals surface area contributed by atoms with Gasteiger partial charge in [-0.2, -0.15) is 0 Å². The average Bonchev–Trinajstić information content (AvgIpc) is 2.90. The van der Waals surface area contributed by atoms with Crippen molar-refractivity contribution in [1.82, 2.24) is 10.2 Å². The molecule has 0 aliphatic rings. The molecule has 0 heterocycles. The van der Waals surface area contributed by atoms with Gasteiger partial charge < -0.3 is 10.2 Å². The van der Waals surface area contributed by atoms with E-state index < -0.39 is 28.5 Å². The molecule has 39 heavy (non-hydrogen) atoms. The summed E-state index contributed by atoms with van der Waals surface area (Å²) in [7, 11) is -4.14. The van der Waals surface area contributed by atoms with E-state index in [4.69, 9.17) is 23.2 Å². The molecule has 0 aromatic heterocycles. The largest absolute Gasteiger partial charge is 0.354 e. The van der Waals surface area contributed by atoms with Crippen LogP contribution < -0.4 is 9.62 Å². The van der Waals surface area contributed by atoms with Crippen molar-refractivity contribution in [1.29, 1.82) is 0 Å². The number of nitrogens with zero attached hydrogens (tertiary/aromatic N) is 2. The number of nitrogens with one attached hydrogen (secondary N) is 1. The van der Waals surface area contributed by atoms with Crippen LogP contribution in [0.1, 0.15) is 26.3 Å². The van der Waals surface area contributed by atoms with Crippen LogP contribution in [0.25, 0.3) is 0 Å². The molecule has 0 fully saturated rings. The molecule has 3 aromatic carbocycles. The second-order valence-electron chi connectivity index (χ2n) is 9.34. The molecule has 1 atom stereocenters. The zero-order chi connectivity index (χ0) is 28.7. The van der Waals surface area contributed by atoms with E-state index in [2.05, 4.69) is 21.2 Å². The first-order valence-corrected chi connectivity index (χ1v) is 15.2. The Bertz CT molecular complexity index is 1400. The highest BCUT2D eigenvalue weighted by atomic mass is 79.9. The van der Waals surface area contributed by atoms with Gasteiger partial charge in [0.05, 0.1) is 10.6 Å². The van der Waals surface area contributed by atoms with Gasteiger partial charge in [-0.3, -0.25) is 13.9 Å². The molecule has 3 rings (SSSR count). The van der Waals surface area contributed by atoms with Crippen LogP contribution in [0.2, 0.25) is 10.0 Å². The van der Waals surface area contributed by atoms with Crippen molar-refractivity contribution < 1.29 is 18.0 Å². The van der Waals surface area contributed by atoms with E-state index in [0.29, 0.717) is 26.6 Å². The molecule has 0 unspecified atom stereocenters. The molecule has 7 nitrogen and oxygen atoms in total. The van der Waals surface area contributed by atoms with Crippen molar-refractivity contribution in [2.45, 2.75) is 38.3 Å². The zero-order valence-electron chi connectivity index (χ0n) is 21.8. The van der Waals surface area contributed by atoms with E-state index in [1.807, 2.05) is 13.8 Å². The van der Waals surface area contributed by atoms with E-state index in [1.54, 1.807) is 67.6 Å². The molecule has 208 valence electrons. The molecular formula is C28H30BrCl2N3O4S. The van der Waals surface area contributed by atoms with Gasteiger partial charge in [-0.1, -0.05) is 83.3 Å². The maximum atomic E-state index is 13.9. The number of benzene rings is 3. The summed E-state index contributed by atoms with van der Waals surface area (Å²) in [5, 5.41) is 3.50. The second-order valence-corrected chi connectivity index (χ2v) is 12.9. The lowest BCUT2D eigenvalue weighted by Gasteiger charge is -2.32. The van der Waals surface area contributed by atoms with Gasteiger partial charge in [0, 0.05) is 33.2 Å². The molecular weight excluding hydrogens is 625 g/mol. The number of carbonyl (C=O) groups excluding carboxylic acids is 2. The Hall–Kier alpha value is -2.59. The Labute approximate surface area is 248 Å². The van der Waals surface area contributed by atoms with Gasteiger partial charge in [0.25, 0.3) is 10.0 Å². The third kappa shape index (κ3) is 7.97. The molecule has 1 N–H and O–H groups in total. The number of hydrogen-bond donors (Lipinski definition) is 1. The van der Waals surface area contributed by atoms with E-state index in [0.717, 1.165) is 4.31 Å². The number of carbonyl (C=O) groups is 2. The first-order chi connectivity index (χ1) is 18.4. The number of amides is 2. The van der Waals surface area contributed by atoms with E-state index in [9.17, 15) is 18.0 Å². The topological polar surface area (TPSA) is 86.8 Å². The quantitative estimate of drug-likeness (QED) is 0.269. The van der Waals surface area contributed by atoms with Gasteiger partial charge in [0.1, 0.15) is 12.6 Å². The smallest absolute Gasteiger partial charge is 0.264 e. The number of sulfonamides is 1. The first-order valence-electron chi connectivity index (χ1n) is 12.2. The highest BCUT2D eigenvalue weighted by Crippen LogP contribution is 2.29. The van der Waals surface area contributed by atoms with Gasteiger partial charge in [-0.25, -0.2) is 8.42 Å². The third-order valence-corrected chi connectivity index (χ3v) is 8.94. The summed E-state index contributed by atoms with van der Waals surface area (Å²) in [6, 6.07) is 18.5. The van der Waals surface area contributed by atoms with Gasteiger partial charge in [0.15, 0.2) is 0 Å². The average molecular weight is 655 g/mol. The normalized spacial score (nSPS) is 12.2. The summed E-state index contributed by atoms with van der Waals surface area (Å²) in [4.78, 5) is 28.3. The highest BCUT2D eigenvalue weighted by Gasteiger charge is 2.33. The molecule has 0 spiro atoms. The predicted octanol–water partition coefficient (Wildman–Crippen LogP) is 6.14. The molecule has 0 saturated heterocycles. The van der Waals surface area contributed by atoms with Crippen molar-refractivity contribution >= 4 is 66.7 Å². The van der Waals surface area contributed by atoms with Crippen LogP contribution in [-0.4, -0.2) is 44.3 Å². The molecule has 3 aromatic rings. The fraction of sp³-hybridized carbons (Fsp3) is 0.286. The van der Waals surface area contributed by atoms with Crippen LogP contribution in [-0.2, 0) is 26.2 Å². The van der Waals surface area contributed by atoms with Crippen LogP contribution in [0.5, 0.6) is 0 Å². The highest BCUT2D eigenvalue weighted by molar-refractivity contribution is 9.10. The summed E-state index contributed by atoms with van der Waals surface area (Å²) < 4.78 is 29.2. The zero-order valence-corrected chi connectivity index (χ0v) is 25.7. The van der Waals surface area contributed by atoms with E-state index in [-0.39, 0.29) is 29.0 Å². The van der Waals surface area contributed by atoms with Crippen LogP contribution >= 0.6 is 39.1 Å². The Morgan fingerprint density at radius 2 is 1.54 bits per heavy atom. The van der Waals surface area contributed by atoms with E-state index in [1.165, 1.54) is 17.0 Å². The van der Waals surface area contributed by atoms with Crippen molar-refractivity contribution in [2.75, 3.05) is 17.4 Å². The minimum absolute atomic E-state index is 0.0289. The lowest BCUT2D eigenvalue weighted by molar-refractivity contribution is -0.139. The van der Waals surface area contributed by atoms with Crippen LogP contribution in [0.15, 0.2) is 82.2 Å². The standard InChI is InChI=1S/C28H30BrCl2N3O4S/c1-19(2)16-32-28(36)20(3)33(17-24-25(30)13-8-14-26(24)31)27(35)18-34(22-10-7-9-21(29)15-22)39(37,38)23-11-5-4-6-12-23/h4-15,19-20H,16-18H2,1-3H3,(H,32,36)/t20-/m0/s1.